The van der Waals surface area contributed by atoms with Crippen LogP contribution >= 0.6 is 11.6 Å². The zero-order valence-corrected chi connectivity index (χ0v) is 21.9. The molecule has 188 valence electrons. The number of benzene rings is 1. The molecule has 0 fully saturated rings. The lowest BCUT2D eigenvalue weighted by Crippen LogP contribution is -2.17. The lowest BCUT2D eigenvalue weighted by molar-refractivity contribution is -0.00349. The molecule has 4 heteroatoms. The summed E-state index contributed by atoms with van der Waals surface area (Å²) in [6, 6.07) is 7.35. The van der Waals surface area contributed by atoms with E-state index in [1.165, 1.54) is 103 Å². The van der Waals surface area contributed by atoms with Crippen LogP contribution in [0.25, 0.3) is 0 Å². The monoisotopic (exact) mass is 477 g/mol. The number of unbranched alkanes of at least 4 members (excludes halogenated alkanes) is 16. The van der Waals surface area contributed by atoms with Crippen LogP contribution < -0.4 is 0 Å². The van der Waals surface area contributed by atoms with Gasteiger partial charge in [-0.1, -0.05) is 128 Å². The van der Waals surface area contributed by atoms with Crippen molar-refractivity contribution in [2.45, 2.75) is 135 Å². The minimum absolute atomic E-state index is 0.0323. The maximum Gasteiger partial charge on any atom is 0.0992 e. The average Bonchev–Trinajstić information content (AvgIpc) is 2.82. The molecule has 1 atom stereocenters. The number of hydrogen-bond donors (Lipinski definition) is 1. The average molecular weight is 478 g/mol. The van der Waals surface area contributed by atoms with Gasteiger partial charge >= 0.3 is 0 Å². The third-order valence-corrected chi connectivity index (χ3v) is 6.62. The number of ether oxygens (including phenoxy) is 1. The highest BCUT2D eigenvalue weighted by Crippen LogP contribution is 2.18. The van der Waals surface area contributed by atoms with E-state index in [1.54, 1.807) is 12.1 Å². The molecule has 0 saturated heterocycles. The van der Waals surface area contributed by atoms with Gasteiger partial charge in [-0.25, -0.2) is 0 Å². The topological polar surface area (TPSA) is 53.2 Å². The maximum absolute atomic E-state index is 9.59. The Labute approximate surface area is 208 Å². The molecule has 33 heavy (non-hydrogen) atoms. The number of aliphatic hydroxyl groups is 1. The van der Waals surface area contributed by atoms with Crippen LogP contribution in [0, 0.1) is 11.3 Å². The van der Waals surface area contributed by atoms with Gasteiger partial charge in [0.1, 0.15) is 0 Å². The second-order valence-corrected chi connectivity index (χ2v) is 9.96. The van der Waals surface area contributed by atoms with Gasteiger partial charge in [0.05, 0.1) is 31.0 Å². The van der Waals surface area contributed by atoms with Gasteiger partial charge in [-0.15, -0.1) is 0 Å². The van der Waals surface area contributed by atoms with Gasteiger partial charge in [0.15, 0.2) is 0 Å². The van der Waals surface area contributed by atoms with Crippen molar-refractivity contribution in [1.29, 1.82) is 5.26 Å². The van der Waals surface area contributed by atoms with Gasteiger partial charge in [-0.3, -0.25) is 0 Å². The second kappa shape index (κ2) is 21.5. The first-order valence-electron chi connectivity index (χ1n) is 13.6. The summed E-state index contributed by atoms with van der Waals surface area (Å²) in [5.74, 6) is 0. The standard InChI is InChI=1S/C29H48ClNO2/c1-2-3-4-5-6-7-8-9-10-11-12-13-14-15-16-17-18-19-29(24-32)33-25-27-20-26(23-31)21-28(30)22-27/h20-22,29,32H,2-19,24-25H2,1H3. The van der Waals surface area contributed by atoms with Crippen LogP contribution in [0.5, 0.6) is 0 Å². The first-order valence-corrected chi connectivity index (χ1v) is 14.0. The van der Waals surface area contributed by atoms with E-state index in [-0.39, 0.29) is 12.7 Å². The van der Waals surface area contributed by atoms with E-state index >= 15 is 0 Å². The molecular formula is C29H48ClNO2. The predicted octanol–water partition coefficient (Wildman–Crippen LogP) is 9.13. The van der Waals surface area contributed by atoms with Gasteiger partial charge in [0.2, 0.25) is 0 Å². The Balaban J connectivity index is 1.91. The Morgan fingerprint density at radius 1 is 0.788 bits per heavy atom. The maximum atomic E-state index is 9.59. The van der Waals surface area contributed by atoms with E-state index in [2.05, 4.69) is 13.0 Å². The molecule has 0 aliphatic heterocycles. The summed E-state index contributed by atoms with van der Waals surface area (Å²) in [5.41, 5.74) is 1.41. The molecule has 1 unspecified atom stereocenters. The van der Waals surface area contributed by atoms with Crippen molar-refractivity contribution in [3.63, 3.8) is 0 Å². The fourth-order valence-corrected chi connectivity index (χ4v) is 4.59. The van der Waals surface area contributed by atoms with Crippen LogP contribution in [0.3, 0.4) is 0 Å². The normalized spacial score (nSPS) is 12.1. The summed E-state index contributed by atoms with van der Waals surface area (Å²) in [4.78, 5) is 0. The van der Waals surface area contributed by atoms with Crippen molar-refractivity contribution < 1.29 is 9.84 Å². The van der Waals surface area contributed by atoms with Gasteiger partial charge in [-0.2, -0.15) is 5.26 Å². The van der Waals surface area contributed by atoms with Crippen molar-refractivity contribution in [1.82, 2.24) is 0 Å². The molecule has 3 nitrogen and oxygen atoms in total. The lowest BCUT2D eigenvalue weighted by Gasteiger charge is -2.15. The van der Waals surface area contributed by atoms with Crippen molar-refractivity contribution in [3.05, 3.63) is 34.3 Å². The molecule has 0 aliphatic rings. The highest BCUT2D eigenvalue weighted by atomic mass is 35.5. The van der Waals surface area contributed by atoms with E-state index in [0.717, 1.165) is 18.4 Å². The van der Waals surface area contributed by atoms with Crippen LogP contribution in [-0.2, 0) is 11.3 Å². The van der Waals surface area contributed by atoms with E-state index in [4.69, 9.17) is 21.6 Å². The molecule has 1 aromatic carbocycles. The highest BCUT2D eigenvalue weighted by Gasteiger charge is 2.09. The van der Waals surface area contributed by atoms with Crippen LogP contribution in [-0.4, -0.2) is 17.8 Å². The van der Waals surface area contributed by atoms with Gasteiger partial charge in [0, 0.05) is 5.02 Å². The number of hydrogen-bond acceptors (Lipinski definition) is 3. The second-order valence-electron chi connectivity index (χ2n) is 9.52. The Kier molecular flexibility index (Phi) is 19.5. The van der Waals surface area contributed by atoms with Crippen LogP contribution in [0.1, 0.15) is 134 Å². The van der Waals surface area contributed by atoms with Crippen molar-refractivity contribution >= 4 is 11.6 Å². The van der Waals surface area contributed by atoms with Gasteiger partial charge in [-0.05, 0) is 30.2 Å². The number of nitrogens with zero attached hydrogens (tertiary/aromatic N) is 1. The first kappa shape index (κ1) is 30.0. The SMILES string of the molecule is CCCCCCCCCCCCCCCCCCCC(CO)OCc1cc(Cl)cc(C#N)c1. The largest absolute Gasteiger partial charge is 0.394 e. The summed E-state index contributed by atoms with van der Waals surface area (Å²) in [6.45, 7) is 2.69. The Bertz CT molecular complexity index is 629. The van der Waals surface area contributed by atoms with E-state index in [0.29, 0.717) is 17.2 Å². The van der Waals surface area contributed by atoms with Crippen molar-refractivity contribution in [2.24, 2.45) is 0 Å². The summed E-state index contributed by atoms with van der Waals surface area (Å²) in [5, 5.41) is 19.2. The minimum atomic E-state index is -0.147. The molecule has 0 aromatic heterocycles. The van der Waals surface area contributed by atoms with E-state index in [9.17, 15) is 5.11 Å². The fraction of sp³-hybridized carbons (Fsp3) is 0.759. The Morgan fingerprint density at radius 3 is 1.73 bits per heavy atom. The van der Waals surface area contributed by atoms with E-state index < -0.39 is 0 Å². The number of aliphatic hydroxyl groups excluding tert-OH is 1. The third kappa shape index (κ3) is 17.1. The zero-order chi connectivity index (χ0) is 24.0. The van der Waals surface area contributed by atoms with Crippen LogP contribution in [0.2, 0.25) is 5.02 Å². The lowest BCUT2D eigenvalue weighted by atomic mass is 10.0. The predicted molar refractivity (Wildman–Crippen MR) is 141 cm³/mol. The Morgan fingerprint density at radius 2 is 1.27 bits per heavy atom. The number of rotatable bonds is 22. The molecule has 1 rings (SSSR count). The molecule has 1 N–H and O–H groups in total. The molecule has 0 heterocycles. The van der Waals surface area contributed by atoms with Gasteiger partial charge in [0.25, 0.3) is 0 Å². The highest BCUT2D eigenvalue weighted by molar-refractivity contribution is 6.30. The number of halogens is 1. The quantitative estimate of drug-likeness (QED) is 0.169. The Hall–Kier alpha value is -1.08. The van der Waals surface area contributed by atoms with Crippen LogP contribution in [0.15, 0.2) is 18.2 Å². The van der Waals surface area contributed by atoms with Crippen molar-refractivity contribution in [2.75, 3.05) is 6.61 Å². The number of nitriles is 1. The zero-order valence-electron chi connectivity index (χ0n) is 21.1. The molecule has 0 bridgehead atoms. The molecule has 0 aliphatic carbocycles. The third-order valence-electron chi connectivity index (χ3n) is 6.41. The molecule has 0 saturated carbocycles. The fourth-order valence-electron chi connectivity index (χ4n) is 4.34. The molecule has 1 aromatic rings. The smallest absolute Gasteiger partial charge is 0.0992 e. The van der Waals surface area contributed by atoms with E-state index in [1.807, 2.05) is 6.07 Å². The minimum Gasteiger partial charge on any atom is -0.394 e. The first-order chi connectivity index (χ1) is 16.2. The summed E-state index contributed by atoms with van der Waals surface area (Å²) >= 11 is 6.04. The van der Waals surface area contributed by atoms with Gasteiger partial charge < -0.3 is 9.84 Å². The molecular weight excluding hydrogens is 430 g/mol. The molecule has 0 spiro atoms. The van der Waals surface area contributed by atoms with Crippen LogP contribution in [0.4, 0.5) is 0 Å². The summed E-state index contributed by atoms with van der Waals surface area (Å²) in [6.07, 6.45) is 23.9. The summed E-state index contributed by atoms with van der Waals surface area (Å²) < 4.78 is 5.84. The molecule has 0 radical (unpaired) electrons. The van der Waals surface area contributed by atoms with Crippen molar-refractivity contribution in [3.8, 4) is 6.07 Å². The summed E-state index contributed by atoms with van der Waals surface area (Å²) in [7, 11) is 0. The molecule has 0 amide bonds.